The molecule has 96 valence electrons. The van der Waals surface area contributed by atoms with Gasteiger partial charge in [0.05, 0.1) is 13.7 Å². The van der Waals surface area contributed by atoms with Crippen molar-refractivity contribution in [1.82, 2.24) is 10.2 Å². The number of methoxy groups -OCH3 is 1. The zero-order chi connectivity index (χ0) is 13.3. The summed E-state index contributed by atoms with van der Waals surface area (Å²) in [6, 6.07) is 2.00. The molecule has 0 saturated heterocycles. The van der Waals surface area contributed by atoms with Crippen LogP contribution in [0, 0.1) is 20.8 Å². The van der Waals surface area contributed by atoms with Crippen molar-refractivity contribution in [2.75, 3.05) is 7.11 Å². The Morgan fingerprint density at radius 3 is 2.50 bits per heavy atom. The van der Waals surface area contributed by atoms with Gasteiger partial charge in [0.25, 0.3) is 0 Å². The van der Waals surface area contributed by atoms with Gasteiger partial charge in [0.2, 0.25) is 11.8 Å². The Hall–Kier alpha value is -1.88. The molecule has 0 spiro atoms. The van der Waals surface area contributed by atoms with E-state index in [-0.39, 0.29) is 6.54 Å². The van der Waals surface area contributed by atoms with Gasteiger partial charge in [-0.3, -0.25) is 0 Å². The summed E-state index contributed by atoms with van der Waals surface area (Å²) >= 11 is 0. The van der Waals surface area contributed by atoms with Crippen LogP contribution in [0.15, 0.2) is 10.5 Å². The SMILES string of the molecule is COc1c(C)cc(-c2nnc(CN)o2)c(C)c1C. The van der Waals surface area contributed by atoms with E-state index in [1.54, 1.807) is 7.11 Å². The lowest BCUT2D eigenvalue weighted by molar-refractivity contribution is 0.408. The van der Waals surface area contributed by atoms with Gasteiger partial charge >= 0.3 is 0 Å². The lowest BCUT2D eigenvalue weighted by atomic mass is 9.98. The lowest BCUT2D eigenvalue weighted by Gasteiger charge is -2.13. The summed E-state index contributed by atoms with van der Waals surface area (Å²) in [5, 5.41) is 7.90. The fourth-order valence-corrected chi connectivity index (χ4v) is 2.04. The van der Waals surface area contributed by atoms with Crippen LogP contribution in [0.4, 0.5) is 0 Å². The molecule has 0 atom stereocenters. The summed E-state index contributed by atoms with van der Waals surface area (Å²) in [7, 11) is 1.67. The fraction of sp³-hybridized carbons (Fsp3) is 0.385. The van der Waals surface area contributed by atoms with Crippen LogP contribution in [0.1, 0.15) is 22.6 Å². The van der Waals surface area contributed by atoms with E-state index in [1.807, 2.05) is 26.8 Å². The molecule has 18 heavy (non-hydrogen) atoms. The second kappa shape index (κ2) is 4.78. The van der Waals surface area contributed by atoms with Crippen molar-refractivity contribution in [3.63, 3.8) is 0 Å². The third-order valence-electron chi connectivity index (χ3n) is 3.10. The average Bonchev–Trinajstić information content (AvgIpc) is 2.83. The van der Waals surface area contributed by atoms with Crippen molar-refractivity contribution in [2.45, 2.75) is 27.3 Å². The van der Waals surface area contributed by atoms with Crippen LogP contribution < -0.4 is 10.5 Å². The first-order valence-electron chi connectivity index (χ1n) is 5.76. The zero-order valence-electron chi connectivity index (χ0n) is 11.1. The number of nitrogens with zero attached hydrogens (tertiary/aromatic N) is 2. The van der Waals surface area contributed by atoms with Crippen molar-refractivity contribution in [3.05, 3.63) is 28.6 Å². The minimum Gasteiger partial charge on any atom is -0.496 e. The van der Waals surface area contributed by atoms with E-state index in [2.05, 4.69) is 10.2 Å². The fourth-order valence-electron chi connectivity index (χ4n) is 2.04. The normalized spacial score (nSPS) is 10.7. The molecule has 0 radical (unpaired) electrons. The Balaban J connectivity index is 2.58. The van der Waals surface area contributed by atoms with E-state index in [0.29, 0.717) is 11.8 Å². The standard InChI is InChI=1S/C13H17N3O2/c1-7-5-10(8(2)9(3)12(7)17-4)13-16-15-11(6-14)18-13/h5H,6,14H2,1-4H3. The van der Waals surface area contributed by atoms with Crippen molar-refractivity contribution >= 4 is 0 Å². The molecule has 1 heterocycles. The van der Waals surface area contributed by atoms with E-state index in [1.165, 1.54) is 0 Å². The Labute approximate surface area is 106 Å². The quantitative estimate of drug-likeness (QED) is 0.899. The number of hydrogen-bond acceptors (Lipinski definition) is 5. The highest BCUT2D eigenvalue weighted by atomic mass is 16.5. The smallest absolute Gasteiger partial charge is 0.248 e. The number of hydrogen-bond donors (Lipinski definition) is 1. The maximum Gasteiger partial charge on any atom is 0.248 e. The molecule has 5 nitrogen and oxygen atoms in total. The highest BCUT2D eigenvalue weighted by Crippen LogP contribution is 2.33. The number of aromatic nitrogens is 2. The molecular formula is C13H17N3O2. The summed E-state index contributed by atoms with van der Waals surface area (Å²) in [6.45, 7) is 6.28. The number of nitrogens with two attached hydrogens (primary N) is 1. The topological polar surface area (TPSA) is 74.2 Å². The Morgan fingerprint density at radius 2 is 1.94 bits per heavy atom. The molecule has 1 aromatic heterocycles. The van der Waals surface area contributed by atoms with Gasteiger partial charge in [0.1, 0.15) is 5.75 Å². The van der Waals surface area contributed by atoms with E-state index >= 15 is 0 Å². The van der Waals surface area contributed by atoms with Crippen molar-refractivity contribution < 1.29 is 9.15 Å². The van der Waals surface area contributed by atoms with Crippen LogP contribution in [-0.4, -0.2) is 17.3 Å². The van der Waals surface area contributed by atoms with Crippen LogP contribution in [0.2, 0.25) is 0 Å². The summed E-state index contributed by atoms with van der Waals surface area (Å²) in [4.78, 5) is 0. The lowest BCUT2D eigenvalue weighted by Crippen LogP contribution is -1.96. The first-order valence-corrected chi connectivity index (χ1v) is 5.76. The molecule has 1 aromatic carbocycles. The third-order valence-corrected chi connectivity index (χ3v) is 3.10. The highest BCUT2D eigenvalue weighted by Gasteiger charge is 2.16. The molecule has 0 bridgehead atoms. The molecule has 0 unspecified atom stereocenters. The third kappa shape index (κ3) is 1.97. The monoisotopic (exact) mass is 247 g/mol. The summed E-state index contributed by atoms with van der Waals surface area (Å²) in [5.74, 6) is 1.84. The maximum atomic E-state index is 5.50. The van der Waals surface area contributed by atoms with Gasteiger partial charge < -0.3 is 14.9 Å². The van der Waals surface area contributed by atoms with Crippen LogP contribution in [0.25, 0.3) is 11.5 Å². The molecule has 2 N–H and O–H groups in total. The predicted octanol–water partition coefficient (Wildman–Crippen LogP) is 2.13. The van der Waals surface area contributed by atoms with Crippen LogP contribution >= 0.6 is 0 Å². The van der Waals surface area contributed by atoms with E-state index < -0.39 is 0 Å². The van der Waals surface area contributed by atoms with Crippen LogP contribution in [0.5, 0.6) is 5.75 Å². The van der Waals surface area contributed by atoms with Gasteiger partial charge in [-0.2, -0.15) is 0 Å². The Morgan fingerprint density at radius 1 is 1.22 bits per heavy atom. The Kier molecular flexibility index (Phi) is 3.34. The first kappa shape index (κ1) is 12.6. The van der Waals surface area contributed by atoms with Gasteiger partial charge in [-0.1, -0.05) is 0 Å². The van der Waals surface area contributed by atoms with Gasteiger partial charge in [0, 0.05) is 5.56 Å². The molecule has 0 aliphatic heterocycles. The maximum absolute atomic E-state index is 5.50. The van der Waals surface area contributed by atoms with Gasteiger partial charge in [-0.25, -0.2) is 0 Å². The molecule has 5 heteroatoms. The largest absolute Gasteiger partial charge is 0.496 e. The second-order valence-corrected chi connectivity index (χ2v) is 4.23. The van der Waals surface area contributed by atoms with E-state index in [9.17, 15) is 0 Å². The number of ether oxygens (including phenoxy) is 1. The first-order chi connectivity index (χ1) is 8.58. The Bertz CT molecular complexity index is 576. The zero-order valence-corrected chi connectivity index (χ0v) is 11.1. The van der Waals surface area contributed by atoms with E-state index in [0.717, 1.165) is 28.0 Å². The number of rotatable bonds is 3. The van der Waals surface area contributed by atoms with Crippen LogP contribution in [0.3, 0.4) is 0 Å². The van der Waals surface area contributed by atoms with Gasteiger partial charge in [-0.05, 0) is 43.5 Å². The molecule has 0 fully saturated rings. The van der Waals surface area contributed by atoms with Crippen LogP contribution in [-0.2, 0) is 6.54 Å². The predicted molar refractivity (Wildman–Crippen MR) is 68.4 cm³/mol. The summed E-state index contributed by atoms with van der Waals surface area (Å²) in [6.07, 6.45) is 0. The molecule has 0 amide bonds. The van der Waals surface area contributed by atoms with Crippen molar-refractivity contribution in [3.8, 4) is 17.2 Å². The molecule has 0 aliphatic rings. The molecule has 2 rings (SSSR count). The van der Waals surface area contributed by atoms with Crippen molar-refractivity contribution in [2.24, 2.45) is 5.73 Å². The average molecular weight is 247 g/mol. The van der Waals surface area contributed by atoms with Crippen molar-refractivity contribution in [1.29, 1.82) is 0 Å². The van der Waals surface area contributed by atoms with Gasteiger partial charge in [0.15, 0.2) is 0 Å². The minimum absolute atomic E-state index is 0.250. The van der Waals surface area contributed by atoms with E-state index in [4.69, 9.17) is 14.9 Å². The highest BCUT2D eigenvalue weighted by molar-refractivity contribution is 5.65. The number of benzene rings is 1. The molecule has 2 aromatic rings. The summed E-state index contributed by atoms with van der Waals surface area (Å²) in [5.41, 5.74) is 9.60. The molecular weight excluding hydrogens is 230 g/mol. The summed E-state index contributed by atoms with van der Waals surface area (Å²) < 4.78 is 10.9. The van der Waals surface area contributed by atoms with Gasteiger partial charge in [-0.15, -0.1) is 10.2 Å². The minimum atomic E-state index is 0.250. The second-order valence-electron chi connectivity index (χ2n) is 4.23. The molecule has 0 saturated carbocycles. The molecule has 0 aliphatic carbocycles. The number of aryl methyl sites for hydroxylation is 1.